The Hall–Kier alpha value is -1.52. The summed E-state index contributed by atoms with van der Waals surface area (Å²) >= 11 is 0. The van der Waals surface area contributed by atoms with Gasteiger partial charge >= 0.3 is 6.09 Å². The van der Waals surface area contributed by atoms with E-state index in [2.05, 4.69) is 22.8 Å². The molecule has 2 aliphatic carbocycles. The zero-order chi connectivity index (χ0) is 14.8. The smallest absolute Gasteiger partial charge is 0.407 e. The lowest BCUT2D eigenvalue weighted by Gasteiger charge is -2.21. The van der Waals surface area contributed by atoms with E-state index in [-0.39, 0.29) is 18.4 Å². The van der Waals surface area contributed by atoms with Gasteiger partial charge in [0.1, 0.15) is 5.60 Å². The molecule has 0 spiro atoms. The number of carbonyl (C=O) groups excluding carboxylic acids is 2. The fourth-order valence-electron chi connectivity index (χ4n) is 2.82. The van der Waals surface area contributed by atoms with Crippen molar-refractivity contribution in [2.75, 3.05) is 6.54 Å². The minimum atomic E-state index is -0.512. The van der Waals surface area contributed by atoms with Crippen molar-refractivity contribution in [1.29, 1.82) is 0 Å². The first-order valence-corrected chi connectivity index (χ1v) is 7.28. The summed E-state index contributed by atoms with van der Waals surface area (Å²) in [6.07, 6.45) is 6.48. The Morgan fingerprint density at radius 2 is 2.00 bits per heavy atom. The van der Waals surface area contributed by atoms with Gasteiger partial charge in [0.2, 0.25) is 5.91 Å². The third-order valence-corrected chi connectivity index (χ3v) is 3.65. The highest BCUT2D eigenvalue weighted by Gasteiger charge is 2.36. The van der Waals surface area contributed by atoms with Crippen molar-refractivity contribution >= 4 is 12.0 Å². The van der Waals surface area contributed by atoms with Gasteiger partial charge in [-0.25, -0.2) is 4.79 Å². The summed E-state index contributed by atoms with van der Waals surface area (Å²) in [6.45, 7) is 5.73. The van der Waals surface area contributed by atoms with E-state index in [4.69, 9.17) is 4.74 Å². The van der Waals surface area contributed by atoms with Gasteiger partial charge in [0.05, 0.1) is 0 Å². The number of allylic oxidation sites excluding steroid dienone is 1. The summed E-state index contributed by atoms with van der Waals surface area (Å²) in [5.74, 6) is 1.14. The second kappa shape index (κ2) is 5.85. The maximum atomic E-state index is 11.8. The van der Waals surface area contributed by atoms with Gasteiger partial charge in [-0.05, 0) is 45.4 Å². The minimum absolute atomic E-state index is 0.00740. The van der Waals surface area contributed by atoms with Crippen LogP contribution in [-0.2, 0) is 9.53 Å². The third kappa shape index (κ3) is 4.25. The summed E-state index contributed by atoms with van der Waals surface area (Å²) in [4.78, 5) is 23.2. The lowest BCUT2D eigenvalue weighted by atomic mass is 10.0. The van der Waals surface area contributed by atoms with Gasteiger partial charge in [0.15, 0.2) is 0 Å². The molecule has 2 rings (SSSR count). The molecule has 2 amide bonds. The molecule has 0 aromatic rings. The molecule has 2 N–H and O–H groups in total. The molecule has 2 aliphatic rings. The molecule has 3 unspecified atom stereocenters. The van der Waals surface area contributed by atoms with E-state index in [1.165, 1.54) is 6.42 Å². The van der Waals surface area contributed by atoms with Crippen LogP contribution in [0.3, 0.4) is 0 Å². The quantitative estimate of drug-likeness (QED) is 0.774. The molecule has 20 heavy (non-hydrogen) atoms. The molecule has 5 heteroatoms. The number of nitrogens with one attached hydrogen (secondary N) is 2. The van der Waals surface area contributed by atoms with E-state index < -0.39 is 11.7 Å². The molecule has 2 bridgehead atoms. The Balaban J connectivity index is 1.61. The molecule has 0 aliphatic heterocycles. The molecule has 0 radical (unpaired) electrons. The Labute approximate surface area is 120 Å². The Morgan fingerprint density at radius 3 is 2.55 bits per heavy atom. The van der Waals surface area contributed by atoms with E-state index in [1.807, 2.05) is 20.8 Å². The van der Waals surface area contributed by atoms with Crippen LogP contribution in [0.5, 0.6) is 0 Å². The highest BCUT2D eigenvalue weighted by Crippen LogP contribution is 2.38. The molecule has 0 aromatic carbocycles. The van der Waals surface area contributed by atoms with Gasteiger partial charge < -0.3 is 15.4 Å². The van der Waals surface area contributed by atoms with Crippen molar-refractivity contribution in [1.82, 2.24) is 10.6 Å². The van der Waals surface area contributed by atoms with E-state index in [9.17, 15) is 9.59 Å². The maximum Gasteiger partial charge on any atom is 0.407 e. The van der Waals surface area contributed by atoms with Gasteiger partial charge in [-0.2, -0.15) is 0 Å². The lowest BCUT2D eigenvalue weighted by molar-refractivity contribution is -0.121. The van der Waals surface area contributed by atoms with Crippen LogP contribution in [0.15, 0.2) is 12.2 Å². The van der Waals surface area contributed by atoms with Crippen LogP contribution in [0.1, 0.15) is 40.0 Å². The number of amides is 2. The van der Waals surface area contributed by atoms with E-state index in [0.29, 0.717) is 18.4 Å². The van der Waals surface area contributed by atoms with Crippen LogP contribution in [-0.4, -0.2) is 30.2 Å². The molecule has 0 saturated heterocycles. The highest BCUT2D eigenvalue weighted by atomic mass is 16.6. The number of hydrogen-bond acceptors (Lipinski definition) is 3. The number of alkyl carbamates (subject to hydrolysis) is 1. The number of carbonyl (C=O) groups is 2. The van der Waals surface area contributed by atoms with Crippen LogP contribution < -0.4 is 10.6 Å². The zero-order valence-corrected chi connectivity index (χ0v) is 12.4. The average molecular weight is 280 g/mol. The first-order valence-electron chi connectivity index (χ1n) is 7.28. The predicted molar refractivity (Wildman–Crippen MR) is 76.1 cm³/mol. The topological polar surface area (TPSA) is 67.4 Å². The van der Waals surface area contributed by atoms with Crippen molar-refractivity contribution < 1.29 is 14.3 Å². The SMILES string of the molecule is CC(C)(C)OC(=O)NCCC(=O)NC1CC2C=CC1C2. The van der Waals surface area contributed by atoms with Gasteiger partial charge in [-0.3, -0.25) is 4.79 Å². The summed E-state index contributed by atoms with van der Waals surface area (Å²) in [6, 6.07) is 0.277. The number of hydrogen-bond donors (Lipinski definition) is 2. The van der Waals surface area contributed by atoms with E-state index >= 15 is 0 Å². The van der Waals surface area contributed by atoms with Crippen LogP contribution in [0.4, 0.5) is 4.79 Å². The standard InChI is InChI=1S/C15H24N2O3/c1-15(2,3)20-14(19)16-7-6-13(18)17-12-9-10-4-5-11(12)8-10/h4-5,10-12H,6-9H2,1-3H3,(H,16,19)(H,17,18). The van der Waals surface area contributed by atoms with E-state index in [0.717, 1.165) is 6.42 Å². The third-order valence-electron chi connectivity index (χ3n) is 3.65. The first-order chi connectivity index (χ1) is 9.33. The molecular formula is C15H24N2O3. The summed E-state index contributed by atoms with van der Waals surface area (Å²) < 4.78 is 5.10. The Kier molecular flexibility index (Phi) is 4.35. The van der Waals surface area contributed by atoms with Gasteiger partial charge in [-0.15, -0.1) is 0 Å². The second-order valence-corrected chi connectivity index (χ2v) is 6.63. The molecule has 0 heterocycles. The second-order valence-electron chi connectivity index (χ2n) is 6.63. The van der Waals surface area contributed by atoms with Crippen molar-refractivity contribution in [3.05, 3.63) is 12.2 Å². The van der Waals surface area contributed by atoms with Crippen LogP contribution in [0.25, 0.3) is 0 Å². The number of rotatable bonds is 4. The monoisotopic (exact) mass is 280 g/mol. The van der Waals surface area contributed by atoms with Crippen LogP contribution in [0.2, 0.25) is 0 Å². The van der Waals surface area contributed by atoms with Crippen LogP contribution in [0, 0.1) is 11.8 Å². The van der Waals surface area contributed by atoms with Crippen molar-refractivity contribution in [2.24, 2.45) is 11.8 Å². The maximum absolute atomic E-state index is 11.8. The normalized spacial score (nSPS) is 27.4. The molecular weight excluding hydrogens is 256 g/mol. The van der Waals surface area contributed by atoms with Gasteiger partial charge in [0.25, 0.3) is 0 Å². The van der Waals surface area contributed by atoms with Crippen LogP contribution >= 0.6 is 0 Å². The van der Waals surface area contributed by atoms with E-state index in [1.54, 1.807) is 0 Å². The summed E-state index contributed by atoms with van der Waals surface area (Å²) in [7, 11) is 0. The molecule has 1 saturated carbocycles. The largest absolute Gasteiger partial charge is 0.444 e. The summed E-state index contributed by atoms with van der Waals surface area (Å²) in [5.41, 5.74) is -0.512. The molecule has 3 atom stereocenters. The van der Waals surface area contributed by atoms with Crippen molar-refractivity contribution in [3.63, 3.8) is 0 Å². The number of fused-ring (bicyclic) bond motifs is 2. The zero-order valence-electron chi connectivity index (χ0n) is 12.4. The molecule has 1 fully saturated rings. The van der Waals surface area contributed by atoms with Gasteiger partial charge in [-0.1, -0.05) is 12.2 Å². The first kappa shape index (κ1) is 14.9. The molecule has 5 nitrogen and oxygen atoms in total. The summed E-state index contributed by atoms with van der Waals surface area (Å²) in [5, 5.41) is 5.64. The number of ether oxygens (including phenoxy) is 1. The van der Waals surface area contributed by atoms with Gasteiger partial charge in [0, 0.05) is 19.0 Å². The average Bonchev–Trinajstić information content (AvgIpc) is 2.88. The van der Waals surface area contributed by atoms with Crippen molar-refractivity contribution in [2.45, 2.75) is 51.7 Å². The van der Waals surface area contributed by atoms with Crippen molar-refractivity contribution in [3.8, 4) is 0 Å². The fourth-order valence-corrected chi connectivity index (χ4v) is 2.82. The Morgan fingerprint density at radius 1 is 1.25 bits per heavy atom. The predicted octanol–water partition coefficient (Wildman–Crippen LogP) is 1.98. The fraction of sp³-hybridized carbons (Fsp3) is 0.733. The molecule has 0 aromatic heterocycles. The Bertz CT molecular complexity index is 412. The highest BCUT2D eigenvalue weighted by molar-refractivity contribution is 5.77. The minimum Gasteiger partial charge on any atom is -0.444 e. The molecule has 112 valence electrons. The lowest BCUT2D eigenvalue weighted by Crippen LogP contribution is -2.40.